The first-order valence-corrected chi connectivity index (χ1v) is 9.01. The molecule has 1 saturated carbocycles. The van der Waals surface area contributed by atoms with Gasteiger partial charge in [0.2, 0.25) is 5.91 Å². The fourth-order valence-corrected chi connectivity index (χ4v) is 6.15. The van der Waals surface area contributed by atoms with Crippen molar-refractivity contribution >= 4 is 5.91 Å². The molecule has 1 saturated heterocycles. The first-order chi connectivity index (χ1) is 11.5. The molecule has 3 unspecified atom stereocenters. The van der Waals surface area contributed by atoms with E-state index in [1.165, 1.54) is 11.1 Å². The number of hydrogen-bond donors (Lipinski definition) is 2. The zero-order valence-corrected chi connectivity index (χ0v) is 14.2. The highest BCUT2D eigenvalue weighted by molar-refractivity contribution is 5.73. The highest BCUT2D eigenvalue weighted by Crippen LogP contribution is 2.63. The van der Waals surface area contributed by atoms with E-state index < -0.39 is 0 Å². The number of rotatable bonds is 1. The Morgan fingerprint density at radius 3 is 3.04 bits per heavy atom. The molecule has 2 fully saturated rings. The third-order valence-corrected chi connectivity index (χ3v) is 6.98. The summed E-state index contributed by atoms with van der Waals surface area (Å²) in [6, 6.07) is 4.41. The van der Waals surface area contributed by atoms with Crippen LogP contribution in [0.1, 0.15) is 37.3 Å². The summed E-state index contributed by atoms with van der Waals surface area (Å²) in [6.07, 6.45) is 4.07. The van der Waals surface area contributed by atoms with Crippen molar-refractivity contribution in [1.29, 1.82) is 0 Å². The van der Waals surface area contributed by atoms with Gasteiger partial charge in [-0.05, 0) is 56.8 Å². The minimum atomic E-state index is -0.0568. The SMILES string of the molecule is CC(=O)N[C@H]1CCC2C3Cc4ccc(O)c5c4C2(CCN3C)[C@H]1O5. The molecule has 1 aromatic carbocycles. The van der Waals surface area contributed by atoms with Gasteiger partial charge in [0.05, 0.1) is 6.04 Å². The zero-order valence-electron chi connectivity index (χ0n) is 14.2. The van der Waals surface area contributed by atoms with Crippen molar-refractivity contribution in [3.63, 3.8) is 0 Å². The molecule has 5 nitrogen and oxygen atoms in total. The summed E-state index contributed by atoms with van der Waals surface area (Å²) in [5, 5.41) is 13.5. The van der Waals surface area contributed by atoms with Gasteiger partial charge in [0.25, 0.3) is 0 Å². The maximum absolute atomic E-state index is 11.7. The maximum atomic E-state index is 11.7. The number of benzene rings is 1. The second-order valence-electron chi connectivity index (χ2n) is 8.02. The number of nitrogens with zero attached hydrogens (tertiary/aromatic N) is 1. The highest BCUT2D eigenvalue weighted by Gasteiger charge is 2.65. The lowest BCUT2D eigenvalue weighted by Gasteiger charge is -2.59. The minimum Gasteiger partial charge on any atom is -0.504 e. The fraction of sp³-hybridized carbons (Fsp3) is 0.632. The molecule has 2 bridgehead atoms. The Bertz CT molecular complexity index is 734. The summed E-state index contributed by atoms with van der Waals surface area (Å²) in [7, 11) is 2.23. The largest absolute Gasteiger partial charge is 0.504 e. The number of ether oxygens (including phenoxy) is 1. The van der Waals surface area contributed by atoms with Gasteiger partial charge in [-0.25, -0.2) is 0 Å². The van der Waals surface area contributed by atoms with E-state index in [4.69, 9.17) is 4.74 Å². The number of likely N-dealkylation sites (tertiary alicyclic amines) is 1. The molecular formula is C19H24N2O3. The van der Waals surface area contributed by atoms with Crippen LogP contribution in [0.4, 0.5) is 0 Å². The Hall–Kier alpha value is -1.75. The molecule has 5 heteroatoms. The molecule has 1 aromatic rings. The van der Waals surface area contributed by atoms with Crippen LogP contribution < -0.4 is 10.1 Å². The molecule has 0 aromatic heterocycles. The van der Waals surface area contributed by atoms with Crippen molar-refractivity contribution in [2.45, 2.75) is 56.2 Å². The lowest BCUT2D eigenvalue weighted by atomic mass is 9.51. The number of phenolic OH excluding ortho intramolecular Hbond substituents is 1. The summed E-state index contributed by atoms with van der Waals surface area (Å²) in [4.78, 5) is 14.2. The Morgan fingerprint density at radius 1 is 1.42 bits per heavy atom. The third-order valence-electron chi connectivity index (χ3n) is 6.98. The van der Waals surface area contributed by atoms with E-state index in [0.29, 0.717) is 17.7 Å². The van der Waals surface area contributed by atoms with Crippen molar-refractivity contribution in [1.82, 2.24) is 10.2 Å². The van der Waals surface area contributed by atoms with Crippen LogP contribution in [0.2, 0.25) is 0 Å². The molecule has 2 N–H and O–H groups in total. The molecule has 2 aliphatic carbocycles. The normalized spacial score (nSPS) is 39.1. The number of phenols is 1. The summed E-state index contributed by atoms with van der Waals surface area (Å²) >= 11 is 0. The van der Waals surface area contributed by atoms with E-state index in [0.717, 1.165) is 32.2 Å². The number of aromatic hydroxyl groups is 1. The van der Waals surface area contributed by atoms with Gasteiger partial charge in [-0.15, -0.1) is 0 Å². The van der Waals surface area contributed by atoms with Gasteiger partial charge in [0.15, 0.2) is 11.5 Å². The molecule has 1 amide bonds. The fourth-order valence-electron chi connectivity index (χ4n) is 6.15. The van der Waals surface area contributed by atoms with E-state index in [1.807, 2.05) is 0 Å². The molecule has 1 spiro atoms. The maximum Gasteiger partial charge on any atom is 0.217 e. The van der Waals surface area contributed by atoms with E-state index >= 15 is 0 Å². The predicted molar refractivity (Wildman–Crippen MR) is 89.3 cm³/mol. The lowest BCUT2D eigenvalue weighted by Crippen LogP contribution is -2.68. The second-order valence-corrected chi connectivity index (χ2v) is 8.02. The average Bonchev–Trinajstić information content (AvgIpc) is 2.89. The second kappa shape index (κ2) is 4.66. The van der Waals surface area contributed by atoms with Gasteiger partial charge in [-0.2, -0.15) is 0 Å². The van der Waals surface area contributed by atoms with Crippen LogP contribution >= 0.6 is 0 Å². The monoisotopic (exact) mass is 328 g/mol. The molecule has 24 heavy (non-hydrogen) atoms. The topological polar surface area (TPSA) is 61.8 Å². The Balaban J connectivity index is 1.71. The van der Waals surface area contributed by atoms with E-state index in [2.05, 4.69) is 23.3 Å². The number of carbonyl (C=O) groups excluding carboxylic acids is 1. The van der Waals surface area contributed by atoms with Crippen molar-refractivity contribution in [3.8, 4) is 11.5 Å². The Morgan fingerprint density at radius 2 is 2.25 bits per heavy atom. The van der Waals surface area contributed by atoms with Crippen molar-refractivity contribution in [3.05, 3.63) is 23.3 Å². The number of nitrogens with one attached hydrogen (secondary N) is 1. The summed E-state index contributed by atoms with van der Waals surface area (Å²) in [6.45, 7) is 2.62. The molecular weight excluding hydrogens is 304 g/mol. The third kappa shape index (κ3) is 1.61. The molecule has 0 radical (unpaired) electrons. The summed E-state index contributed by atoms with van der Waals surface area (Å²) in [5.74, 6) is 1.47. The van der Waals surface area contributed by atoms with E-state index in [1.54, 1.807) is 13.0 Å². The molecule has 2 aliphatic heterocycles. The van der Waals surface area contributed by atoms with Gasteiger partial charge in [-0.3, -0.25) is 4.79 Å². The number of likely N-dealkylation sites (N-methyl/N-ethyl adjacent to an activating group) is 1. The van der Waals surface area contributed by atoms with Gasteiger partial charge in [-0.1, -0.05) is 6.07 Å². The van der Waals surface area contributed by atoms with Crippen molar-refractivity contribution < 1.29 is 14.6 Å². The van der Waals surface area contributed by atoms with E-state index in [-0.39, 0.29) is 29.2 Å². The summed E-state index contributed by atoms with van der Waals surface area (Å²) in [5.41, 5.74) is 2.52. The molecule has 5 rings (SSSR count). The van der Waals surface area contributed by atoms with Crippen LogP contribution in [0.5, 0.6) is 11.5 Å². The zero-order chi connectivity index (χ0) is 16.6. The molecule has 2 heterocycles. The van der Waals surface area contributed by atoms with Gasteiger partial charge in [0.1, 0.15) is 6.10 Å². The van der Waals surface area contributed by atoms with Crippen molar-refractivity contribution in [2.75, 3.05) is 13.6 Å². The van der Waals surface area contributed by atoms with Crippen LogP contribution in [0.3, 0.4) is 0 Å². The predicted octanol–water partition coefficient (Wildman–Crippen LogP) is 1.57. The first-order valence-electron chi connectivity index (χ1n) is 9.01. The molecule has 5 atom stereocenters. The first kappa shape index (κ1) is 14.6. The van der Waals surface area contributed by atoms with Crippen LogP contribution in [0.15, 0.2) is 12.1 Å². The minimum absolute atomic E-state index is 0.000798. The molecule has 128 valence electrons. The van der Waals surface area contributed by atoms with Crippen LogP contribution in [-0.4, -0.2) is 47.7 Å². The lowest BCUT2D eigenvalue weighted by molar-refractivity contribution is -0.122. The smallest absolute Gasteiger partial charge is 0.217 e. The van der Waals surface area contributed by atoms with Gasteiger partial charge < -0.3 is 20.1 Å². The van der Waals surface area contributed by atoms with E-state index in [9.17, 15) is 9.90 Å². The van der Waals surface area contributed by atoms with Crippen LogP contribution in [0, 0.1) is 5.92 Å². The standard InChI is InChI=1S/C19H24N2O3/c1-10(22)20-13-5-4-12-14-9-11-3-6-15(23)17-16(11)19(12,18(13)24-17)7-8-21(14)2/h3,6,12-14,18,23H,4-5,7-9H2,1-2H3,(H,20,22)/t12?,13-,14?,18-,19?/m0/s1. The van der Waals surface area contributed by atoms with Crippen molar-refractivity contribution in [2.24, 2.45) is 5.92 Å². The number of carbonyl (C=O) groups is 1. The number of amides is 1. The summed E-state index contributed by atoms with van der Waals surface area (Å²) < 4.78 is 6.37. The number of hydrogen-bond acceptors (Lipinski definition) is 4. The quantitative estimate of drug-likeness (QED) is 0.821. The average molecular weight is 328 g/mol. The Kier molecular flexibility index (Phi) is 2.83. The van der Waals surface area contributed by atoms with Gasteiger partial charge >= 0.3 is 0 Å². The highest BCUT2D eigenvalue weighted by atomic mass is 16.5. The molecule has 4 aliphatic rings. The van der Waals surface area contributed by atoms with Crippen LogP contribution in [-0.2, 0) is 16.6 Å². The van der Waals surface area contributed by atoms with Gasteiger partial charge in [0, 0.05) is 23.9 Å². The number of piperidine rings is 1. The Labute approximate surface area is 142 Å². The van der Waals surface area contributed by atoms with Crippen LogP contribution in [0.25, 0.3) is 0 Å².